The number of nitrogen functional groups attached to an aromatic ring is 1. The first-order valence-electron chi connectivity index (χ1n) is 7.76. The highest BCUT2D eigenvalue weighted by atomic mass is 35.5. The molecule has 2 aromatic rings. The predicted octanol–water partition coefficient (Wildman–Crippen LogP) is 3.71. The van der Waals surface area contributed by atoms with E-state index in [2.05, 4.69) is 19.2 Å². The van der Waals surface area contributed by atoms with Crippen molar-refractivity contribution in [2.75, 3.05) is 24.5 Å². The number of nitrogens with one attached hydrogen (secondary N) is 1. The third-order valence-corrected chi connectivity index (χ3v) is 3.47. The summed E-state index contributed by atoms with van der Waals surface area (Å²) in [6.07, 6.45) is 0. The highest BCUT2D eigenvalue weighted by Gasteiger charge is 2.18. The minimum atomic E-state index is -0.268. The fraction of sp³-hybridized carbons (Fsp3) is 0.278. The summed E-state index contributed by atoms with van der Waals surface area (Å²) in [6, 6.07) is 10.3. The van der Waals surface area contributed by atoms with Gasteiger partial charge in [0.25, 0.3) is 5.91 Å². The van der Waals surface area contributed by atoms with Gasteiger partial charge >= 0.3 is 0 Å². The maximum atomic E-state index is 12.5. The average molecular weight is 365 g/mol. The van der Waals surface area contributed by atoms with Crippen LogP contribution in [0.5, 0.6) is 17.2 Å². The second-order valence-corrected chi connectivity index (χ2v) is 5.98. The lowest BCUT2D eigenvalue weighted by Gasteiger charge is -2.11. The van der Waals surface area contributed by atoms with Crippen LogP contribution in [0.3, 0.4) is 0 Å². The highest BCUT2D eigenvalue weighted by molar-refractivity contribution is 6.06. The maximum absolute atomic E-state index is 12.5. The lowest BCUT2D eigenvalue weighted by Crippen LogP contribution is -2.13. The van der Waals surface area contributed by atoms with Crippen LogP contribution in [-0.4, -0.2) is 19.3 Å². The molecule has 3 N–H and O–H groups in total. The van der Waals surface area contributed by atoms with Crippen LogP contribution in [0.25, 0.3) is 0 Å². The van der Waals surface area contributed by atoms with Gasteiger partial charge in [0.1, 0.15) is 5.75 Å². The van der Waals surface area contributed by atoms with Crippen molar-refractivity contribution in [3.05, 3.63) is 42.0 Å². The number of anilines is 2. The summed E-state index contributed by atoms with van der Waals surface area (Å²) in [5.74, 6) is 1.95. The number of rotatable bonds is 5. The lowest BCUT2D eigenvalue weighted by atomic mass is 10.1. The van der Waals surface area contributed by atoms with E-state index in [0.29, 0.717) is 46.7 Å². The molecule has 0 spiro atoms. The average Bonchev–Trinajstić information content (AvgIpc) is 3.00. The number of ether oxygens (including phenoxy) is 3. The van der Waals surface area contributed by atoms with Gasteiger partial charge in [0.2, 0.25) is 6.79 Å². The van der Waals surface area contributed by atoms with Crippen molar-refractivity contribution < 1.29 is 19.0 Å². The minimum absolute atomic E-state index is 0. The molecule has 25 heavy (non-hydrogen) atoms. The van der Waals surface area contributed by atoms with Crippen molar-refractivity contribution >= 4 is 29.7 Å². The molecule has 134 valence electrons. The van der Waals surface area contributed by atoms with E-state index in [0.717, 1.165) is 0 Å². The van der Waals surface area contributed by atoms with Crippen molar-refractivity contribution in [1.82, 2.24) is 0 Å². The van der Waals surface area contributed by atoms with Crippen LogP contribution in [0, 0.1) is 5.92 Å². The smallest absolute Gasteiger partial charge is 0.255 e. The molecule has 0 radical (unpaired) electrons. The van der Waals surface area contributed by atoms with Crippen LogP contribution in [0.15, 0.2) is 36.4 Å². The Labute approximate surface area is 152 Å². The van der Waals surface area contributed by atoms with Crippen molar-refractivity contribution in [1.29, 1.82) is 0 Å². The highest BCUT2D eigenvalue weighted by Crippen LogP contribution is 2.38. The molecule has 0 aromatic heterocycles. The molecule has 3 rings (SSSR count). The second kappa shape index (κ2) is 7.98. The largest absolute Gasteiger partial charge is 0.493 e. The fourth-order valence-corrected chi connectivity index (χ4v) is 2.25. The van der Waals surface area contributed by atoms with E-state index in [4.69, 9.17) is 19.9 Å². The Morgan fingerprint density at radius 2 is 1.96 bits per heavy atom. The van der Waals surface area contributed by atoms with Gasteiger partial charge in [-0.1, -0.05) is 19.9 Å². The van der Waals surface area contributed by atoms with Crippen molar-refractivity contribution in [3.63, 3.8) is 0 Å². The van der Waals surface area contributed by atoms with E-state index in [-0.39, 0.29) is 25.1 Å². The summed E-state index contributed by atoms with van der Waals surface area (Å²) in [5.41, 5.74) is 7.35. The standard InChI is InChI=1S/C18H20N2O4.ClH/c1-11(2)9-22-13-5-3-4-12(6-13)18(21)20-15-8-17-16(7-14(15)19)23-10-24-17;/h3-8,11H,9-10,19H2,1-2H3,(H,20,21);1H. The van der Waals surface area contributed by atoms with Gasteiger partial charge in [-0.3, -0.25) is 4.79 Å². The number of amides is 1. The lowest BCUT2D eigenvalue weighted by molar-refractivity contribution is 0.102. The minimum Gasteiger partial charge on any atom is -0.493 e. The SMILES string of the molecule is CC(C)COc1cccc(C(=O)Nc2cc3c(cc2N)OCO3)c1.Cl. The van der Waals surface area contributed by atoms with Crippen molar-refractivity contribution in [2.45, 2.75) is 13.8 Å². The van der Waals surface area contributed by atoms with Crippen LogP contribution in [0.1, 0.15) is 24.2 Å². The summed E-state index contributed by atoms with van der Waals surface area (Å²) in [6.45, 7) is 4.89. The zero-order chi connectivity index (χ0) is 17.1. The Hall–Kier alpha value is -2.60. The van der Waals surface area contributed by atoms with Gasteiger partial charge in [-0.05, 0) is 24.1 Å². The van der Waals surface area contributed by atoms with E-state index in [1.807, 2.05) is 6.07 Å². The predicted molar refractivity (Wildman–Crippen MR) is 99.0 cm³/mol. The van der Waals surface area contributed by atoms with Gasteiger partial charge in [0.15, 0.2) is 11.5 Å². The zero-order valence-electron chi connectivity index (χ0n) is 14.1. The molecule has 0 aliphatic carbocycles. The Bertz CT molecular complexity index is 765. The second-order valence-electron chi connectivity index (χ2n) is 5.98. The fourth-order valence-electron chi connectivity index (χ4n) is 2.25. The van der Waals surface area contributed by atoms with Gasteiger partial charge in [0, 0.05) is 17.7 Å². The Morgan fingerprint density at radius 3 is 2.68 bits per heavy atom. The molecule has 1 aliphatic rings. The van der Waals surface area contributed by atoms with Gasteiger partial charge in [-0.2, -0.15) is 0 Å². The number of halogens is 1. The van der Waals surface area contributed by atoms with E-state index < -0.39 is 0 Å². The van der Waals surface area contributed by atoms with Crippen LogP contribution in [-0.2, 0) is 0 Å². The first kappa shape index (κ1) is 18.7. The molecule has 7 heteroatoms. The molecule has 6 nitrogen and oxygen atoms in total. The summed E-state index contributed by atoms with van der Waals surface area (Å²) in [7, 11) is 0. The monoisotopic (exact) mass is 364 g/mol. The number of fused-ring (bicyclic) bond motifs is 1. The summed E-state index contributed by atoms with van der Waals surface area (Å²) >= 11 is 0. The molecule has 1 amide bonds. The van der Waals surface area contributed by atoms with Crippen LogP contribution < -0.4 is 25.3 Å². The normalized spacial score (nSPS) is 11.8. The molecule has 1 aliphatic heterocycles. The van der Waals surface area contributed by atoms with E-state index >= 15 is 0 Å². The topological polar surface area (TPSA) is 82.8 Å². The summed E-state index contributed by atoms with van der Waals surface area (Å²) in [4.78, 5) is 12.5. The molecule has 0 fully saturated rings. The molecule has 0 atom stereocenters. The summed E-state index contributed by atoms with van der Waals surface area (Å²) < 4.78 is 16.2. The molecule has 0 bridgehead atoms. The van der Waals surface area contributed by atoms with Crippen LogP contribution in [0.4, 0.5) is 11.4 Å². The van der Waals surface area contributed by atoms with Gasteiger partial charge in [-0.15, -0.1) is 12.4 Å². The van der Waals surface area contributed by atoms with E-state index in [9.17, 15) is 4.79 Å². The number of hydrogen-bond donors (Lipinski definition) is 2. The number of benzene rings is 2. The molecule has 0 saturated carbocycles. The van der Waals surface area contributed by atoms with Crippen molar-refractivity contribution in [3.8, 4) is 17.2 Å². The molecular weight excluding hydrogens is 344 g/mol. The van der Waals surface area contributed by atoms with Crippen molar-refractivity contribution in [2.24, 2.45) is 5.92 Å². The molecule has 0 unspecified atom stereocenters. The molecular formula is C18H21ClN2O4. The Morgan fingerprint density at radius 1 is 1.24 bits per heavy atom. The molecule has 0 saturated heterocycles. The number of carbonyl (C=O) groups excluding carboxylic acids is 1. The first-order valence-corrected chi connectivity index (χ1v) is 7.76. The third-order valence-electron chi connectivity index (χ3n) is 3.47. The Kier molecular flexibility index (Phi) is 5.98. The maximum Gasteiger partial charge on any atom is 0.255 e. The van der Waals surface area contributed by atoms with Gasteiger partial charge in [-0.25, -0.2) is 0 Å². The van der Waals surface area contributed by atoms with Gasteiger partial charge in [0.05, 0.1) is 18.0 Å². The van der Waals surface area contributed by atoms with Gasteiger partial charge < -0.3 is 25.3 Å². The van der Waals surface area contributed by atoms with E-state index in [1.165, 1.54) is 0 Å². The molecule has 1 heterocycles. The van der Waals surface area contributed by atoms with Crippen LogP contribution >= 0.6 is 12.4 Å². The Balaban J connectivity index is 0.00000225. The van der Waals surface area contributed by atoms with E-state index in [1.54, 1.807) is 30.3 Å². The zero-order valence-corrected chi connectivity index (χ0v) is 14.9. The number of carbonyl (C=O) groups is 1. The summed E-state index contributed by atoms with van der Waals surface area (Å²) in [5, 5.41) is 2.79. The first-order chi connectivity index (χ1) is 11.5. The molecule has 2 aromatic carbocycles. The number of hydrogen-bond acceptors (Lipinski definition) is 5. The number of nitrogens with two attached hydrogens (primary N) is 1. The third kappa shape index (κ3) is 4.48. The quantitative estimate of drug-likeness (QED) is 0.790. The van der Waals surface area contributed by atoms with Crippen LogP contribution in [0.2, 0.25) is 0 Å².